The minimum absolute atomic E-state index is 0.519. The SMILES string of the molecule is C[C@H]1CCN1C#N. The first-order chi connectivity index (χ1) is 3.34. The molecule has 1 saturated heterocycles. The molecule has 0 aromatic rings. The van der Waals surface area contributed by atoms with Gasteiger partial charge in [-0.1, -0.05) is 0 Å². The number of nitrogens with zero attached hydrogens (tertiary/aromatic N) is 2. The maximum absolute atomic E-state index is 8.23. The average Bonchev–Trinajstić information content (AvgIpc) is 1.65. The Hall–Kier alpha value is -0.710. The Morgan fingerprint density at radius 1 is 1.86 bits per heavy atom. The lowest BCUT2D eigenvalue weighted by Crippen LogP contribution is -2.41. The summed E-state index contributed by atoms with van der Waals surface area (Å²) in [7, 11) is 0. The standard InChI is InChI=1S/C5H8N2/c1-5-2-3-7(5)4-6/h5H,2-3H2,1H3/t5-/m0/s1. The second kappa shape index (κ2) is 1.42. The Balaban J connectivity index is 2.33. The minimum atomic E-state index is 0.519. The number of rotatable bonds is 0. The second-order valence-electron chi connectivity index (χ2n) is 1.93. The second-order valence-corrected chi connectivity index (χ2v) is 1.93. The van der Waals surface area contributed by atoms with E-state index in [1.165, 1.54) is 6.42 Å². The molecule has 1 atom stereocenters. The topological polar surface area (TPSA) is 27.0 Å². The first-order valence-electron chi connectivity index (χ1n) is 2.51. The van der Waals surface area contributed by atoms with Gasteiger partial charge in [0.05, 0.1) is 0 Å². The molecule has 0 radical (unpaired) electrons. The summed E-state index contributed by atoms with van der Waals surface area (Å²) in [5.41, 5.74) is 0. The Bertz CT molecular complexity index is 103. The normalized spacial score (nSPS) is 28.6. The molecule has 0 unspecified atom stereocenters. The van der Waals surface area contributed by atoms with Gasteiger partial charge in [-0.3, -0.25) is 0 Å². The van der Waals surface area contributed by atoms with Gasteiger partial charge in [-0.05, 0) is 13.3 Å². The van der Waals surface area contributed by atoms with E-state index >= 15 is 0 Å². The molecule has 1 aliphatic rings. The summed E-state index contributed by atoms with van der Waals surface area (Å²) >= 11 is 0. The van der Waals surface area contributed by atoms with Crippen molar-refractivity contribution in [3.05, 3.63) is 0 Å². The highest BCUT2D eigenvalue weighted by Crippen LogP contribution is 2.13. The fraction of sp³-hybridized carbons (Fsp3) is 0.800. The Morgan fingerprint density at radius 2 is 2.57 bits per heavy atom. The van der Waals surface area contributed by atoms with Crippen LogP contribution in [0.15, 0.2) is 0 Å². The third-order valence-corrected chi connectivity index (χ3v) is 1.45. The fourth-order valence-corrected chi connectivity index (χ4v) is 0.665. The molecule has 0 aliphatic carbocycles. The van der Waals surface area contributed by atoms with E-state index in [2.05, 4.69) is 13.1 Å². The van der Waals surface area contributed by atoms with Gasteiger partial charge >= 0.3 is 0 Å². The molecule has 0 amide bonds. The molecular weight excluding hydrogens is 88.1 g/mol. The van der Waals surface area contributed by atoms with E-state index in [4.69, 9.17) is 5.26 Å². The highest BCUT2D eigenvalue weighted by atomic mass is 15.2. The summed E-state index contributed by atoms with van der Waals surface area (Å²) < 4.78 is 0. The van der Waals surface area contributed by atoms with Gasteiger partial charge in [0.25, 0.3) is 0 Å². The van der Waals surface area contributed by atoms with Gasteiger partial charge in [-0.15, -0.1) is 0 Å². The predicted molar refractivity (Wildman–Crippen MR) is 26.4 cm³/mol. The molecule has 38 valence electrons. The van der Waals surface area contributed by atoms with Crippen LogP contribution in [0.5, 0.6) is 0 Å². The van der Waals surface area contributed by atoms with Crippen molar-refractivity contribution in [1.82, 2.24) is 4.90 Å². The Labute approximate surface area is 43.3 Å². The Kier molecular flexibility index (Phi) is 0.900. The summed E-state index contributed by atoms with van der Waals surface area (Å²) in [5.74, 6) is 0. The van der Waals surface area contributed by atoms with Gasteiger partial charge in [0, 0.05) is 12.6 Å². The van der Waals surface area contributed by atoms with E-state index in [0.717, 1.165) is 6.54 Å². The first kappa shape index (κ1) is 4.45. The van der Waals surface area contributed by atoms with Crippen LogP contribution in [0.3, 0.4) is 0 Å². The molecule has 0 spiro atoms. The lowest BCUT2D eigenvalue weighted by atomic mass is 10.1. The van der Waals surface area contributed by atoms with Crippen LogP contribution in [0.25, 0.3) is 0 Å². The van der Waals surface area contributed by atoms with E-state index in [0.29, 0.717) is 6.04 Å². The molecule has 1 rings (SSSR count). The van der Waals surface area contributed by atoms with Gasteiger partial charge in [-0.2, -0.15) is 5.26 Å². The molecule has 1 heterocycles. The maximum Gasteiger partial charge on any atom is 0.179 e. The minimum Gasteiger partial charge on any atom is -0.308 e. The zero-order valence-corrected chi connectivity index (χ0v) is 4.39. The first-order valence-corrected chi connectivity index (χ1v) is 2.51. The predicted octanol–water partition coefficient (Wildman–Crippen LogP) is 0.562. The van der Waals surface area contributed by atoms with Crippen LogP contribution in [0, 0.1) is 11.5 Å². The van der Waals surface area contributed by atoms with E-state index in [1.807, 2.05) is 0 Å². The van der Waals surface area contributed by atoms with Crippen molar-refractivity contribution in [2.45, 2.75) is 19.4 Å². The summed E-state index contributed by atoms with van der Waals surface area (Å²) in [6.07, 6.45) is 3.27. The molecule has 0 aromatic heterocycles. The van der Waals surface area contributed by atoms with Crippen LogP contribution < -0.4 is 0 Å². The summed E-state index contributed by atoms with van der Waals surface area (Å²) in [6.45, 7) is 3.03. The molecule has 2 heteroatoms. The quantitative estimate of drug-likeness (QED) is 0.412. The van der Waals surface area contributed by atoms with Crippen molar-refractivity contribution in [1.29, 1.82) is 5.26 Å². The van der Waals surface area contributed by atoms with Crippen LogP contribution in [-0.2, 0) is 0 Å². The van der Waals surface area contributed by atoms with Crippen molar-refractivity contribution in [3.8, 4) is 6.19 Å². The maximum atomic E-state index is 8.23. The Morgan fingerprint density at radius 3 is 2.57 bits per heavy atom. The van der Waals surface area contributed by atoms with Gasteiger partial charge in [0.2, 0.25) is 0 Å². The van der Waals surface area contributed by atoms with Gasteiger partial charge in [0.1, 0.15) is 0 Å². The molecule has 0 aromatic carbocycles. The molecule has 0 saturated carbocycles. The van der Waals surface area contributed by atoms with Crippen LogP contribution in [-0.4, -0.2) is 17.5 Å². The summed E-state index contributed by atoms with van der Waals surface area (Å²) in [5, 5.41) is 8.23. The summed E-state index contributed by atoms with van der Waals surface area (Å²) in [6, 6.07) is 0.519. The highest BCUT2D eigenvalue weighted by Gasteiger charge is 2.20. The fourth-order valence-electron chi connectivity index (χ4n) is 0.665. The molecule has 1 aliphatic heterocycles. The van der Waals surface area contributed by atoms with Crippen molar-refractivity contribution in [3.63, 3.8) is 0 Å². The third-order valence-electron chi connectivity index (χ3n) is 1.45. The van der Waals surface area contributed by atoms with Gasteiger partial charge in [-0.25, -0.2) is 0 Å². The van der Waals surface area contributed by atoms with E-state index in [-0.39, 0.29) is 0 Å². The molecule has 0 N–H and O–H groups in total. The summed E-state index contributed by atoms with van der Waals surface area (Å²) in [4.78, 5) is 1.78. The van der Waals surface area contributed by atoms with Gasteiger partial charge < -0.3 is 4.90 Å². The number of hydrogen-bond acceptors (Lipinski definition) is 2. The van der Waals surface area contributed by atoms with Crippen LogP contribution >= 0.6 is 0 Å². The molecule has 2 nitrogen and oxygen atoms in total. The van der Waals surface area contributed by atoms with Crippen LogP contribution in [0.2, 0.25) is 0 Å². The number of hydrogen-bond donors (Lipinski definition) is 0. The zero-order chi connectivity index (χ0) is 5.28. The van der Waals surface area contributed by atoms with E-state index < -0.39 is 0 Å². The van der Waals surface area contributed by atoms with Crippen molar-refractivity contribution in [2.75, 3.05) is 6.54 Å². The number of likely N-dealkylation sites (tertiary alicyclic amines) is 1. The average molecular weight is 96.1 g/mol. The molecular formula is C5H8N2. The van der Waals surface area contributed by atoms with Gasteiger partial charge in [0.15, 0.2) is 6.19 Å². The lowest BCUT2D eigenvalue weighted by Gasteiger charge is -2.33. The van der Waals surface area contributed by atoms with Crippen molar-refractivity contribution in [2.24, 2.45) is 0 Å². The van der Waals surface area contributed by atoms with E-state index in [9.17, 15) is 0 Å². The van der Waals surface area contributed by atoms with Crippen LogP contribution in [0.4, 0.5) is 0 Å². The monoisotopic (exact) mass is 96.1 g/mol. The smallest absolute Gasteiger partial charge is 0.179 e. The largest absolute Gasteiger partial charge is 0.308 e. The number of nitriles is 1. The highest BCUT2D eigenvalue weighted by molar-refractivity contribution is 4.88. The zero-order valence-electron chi connectivity index (χ0n) is 4.39. The van der Waals surface area contributed by atoms with Crippen LogP contribution in [0.1, 0.15) is 13.3 Å². The molecule has 1 fully saturated rings. The third kappa shape index (κ3) is 0.541. The van der Waals surface area contributed by atoms with Crippen molar-refractivity contribution < 1.29 is 0 Å². The van der Waals surface area contributed by atoms with Crippen molar-refractivity contribution >= 4 is 0 Å². The van der Waals surface area contributed by atoms with E-state index in [1.54, 1.807) is 4.90 Å². The molecule has 7 heavy (non-hydrogen) atoms. The molecule has 0 bridgehead atoms. The lowest BCUT2D eigenvalue weighted by molar-refractivity contribution is 0.184.